The molecule has 6 nitrogen and oxygen atoms in total. The molecule has 1 aliphatic heterocycles. The van der Waals surface area contributed by atoms with Crippen LogP contribution < -0.4 is 15.0 Å². The van der Waals surface area contributed by atoms with Gasteiger partial charge in [0.15, 0.2) is 6.61 Å². The maximum absolute atomic E-state index is 13.5. The van der Waals surface area contributed by atoms with Crippen molar-refractivity contribution in [3.63, 3.8) is 0 Å². The molecule has 158 valence electrons. The summed E-state index contributed by atoms with van der Waals surface area (Å²) < 4.78 is 51.2. The fourth-order valence-electron chi connectivity index (χ4n) is 3.02. The molecule has 9 heteroatoms. The molecule has 1 amide bonds. The third kappa shape index (κ3) is 5.64. The van der Waals surface area contributed by atoms with Gasteiger partial charge >= 0.3 is 6.18 Å². The molecule has 2 aromatic rings. The van der Waals surface area contributed by atoms with Gasteiger partial charge in [0.2, 0.25) is 0 Å². The van der Waals surface area contributed by atoms with Crippen molar-refractivity contribution >= 4 is 17.3 Å². The SMILES string of the molecule is N#CCc1ccc(OCC(=O)Nc2ccc(N3CCOCC3)cc2C(F)(F)F)cc1. The monoisotopic (exact) mass is 419 g/mol. The molecule has 0 aromatic heterocycles. The van der Waals surface area contributed by atoms with Crippen LogP contribution >= 0.6 is 0 Å². The lowest BCUT2D eigenvalue weighted by atomic mass is 10.1. The topological polar surface area (TPSA) is 74.6 Å². The molecule has 0 atom stereocenters. The second kappa shape index (κ2) is 9.50. The number of rotatable bonds is 6. The number of anilines is 2. The summed E-state index contributed by atoms with van der Waals surface area (Å²) in [4.78, 5) is 14.0. The summed E-state index contributed by atoms with van der Waals surface area (Å²) in [6.07, 6.45) is -4.37. The number of hydrogen-bond acceptors (Lipinski definition) is 5. The first-order valence-electron chi connectivity index (χ1n) is 9.29. The van der Waals surface area contributed by atoms with E-state index in [9.17, 15) is 18.0 Å². The summed E-state index contributed by atoms with van der Waals surface area (Å²) in [5, 5.41) is 10.9. The van der Waals surface area contributed by atoms with Crippen molar-refractivity contribution in [2.75, 3.05) is 43.1 Å². The summed E-state index contributed by atoms with van der Waals surface area (Å²) >= 11 is 0. The smallest absolute Gasteiger partial charge is 0.418 e. The summed E-state index contributed by atoms with van der Waals surface area (Å²) in [5.74, 6) is -0.328. The molecule has 1 N–H and O–H groups in total. The largest absolute Gasteiger partial charge is 0.484 e. The normalized spacial score (nSPS) is 14.1. The molecule has 1 heterocycles. The van der Waals surface area contributed by atoms with Crippen LogP contribution in [0.4, 0.5) is 24.5 Å². The van der Waals surface area contributed by atoms with Crippen LogP contribution in [0.25, 0.3) is 0 Å². The van der Waals surface area contributed by atoms with Gasteiger partial charge in [-0.3, -0.25) is 4.79 Å². The molecule has 1 fully saturated rings. The van der Waals surface area contributed by atoms with Gasteiger partial charge in [-0.2, -0.15) is 18.4 Å². The highest BCUT2D eigenvalue weighted by Crippen LogP contribution is 2.37. The predicted molar refractivity (Wildman–Crippen MR) is 104 cm³/mol. The van der Waals surface area contributed by atoms with Crippen molar-refractivity contribution in [2.24, 2.45) is 0 Å². The molecule has 30 heavy (non-hydrogen) atoms. The molecule has 0 bridgehead atoms. The number of morpholine rings is 1. The zero-order chi connectivity index (χ0) is 21.6. The molecular formula is C21H20F3N3O3. The Morgan fingerprint density at radius 3 is 2.50 bits per heavy atom. The van der Waals surface area contributed by atoms with E-state index in [0.717, 1.165) is 11.6 Å². The Kier molecular flexibility index (Phi) is 6.79. The molecule has 0 aliphatic carbocycles. The van der Waals surface area contributed by atoms with Crippen molar-refractivity contribution in [1.82, 2.24) is 0 Å². The van der Waals surface area contributed by atoms with Gasteiger partial charge in [-0.05, 0) is 35.9 Å². The number of alkyl halides is 3. The number of hydrogen-bond donors (Lipinski definition) is 1. The minimum Gasteiger partial charge on any atom is -0.484 e. The molecule has 0 radical (unpaired) electrons. The number of ether oxygens (including phenoxy) is 2. The van der Waals surface area contributed by atoms with Gasteiger partial charge in [-0.25, -0.2) is 0 Å². The molecule has 0 unspecified atom stereocenters. The lowest BCUT2D eigenvalue weighted by Crippen LogP contribution is -2.36. The number of halogens is 3. The number of nitrogens with one attached hydrogen (secondary N) is 1. The summed E-state index contributed by atoms with van der Waals surface area (Å²) in [7, 11) is 0. The van der Waals surface area contributed by atoms with Crippen LogP contribution in [0, 0.1) is 11.3 Å². The second-order valence-electron chi connectivity index (χ2n) is 6.64. The Balaban J connectivity index is 1.67. The van der Waals surface area contributed by atoms with Crippen molar-refractivity contribution in [2.45, 2.75) is 12.6 Å². The van der Waals surface area contributed by atoms with Crippen molar-refractivity contribution in [3.8, 4) is 11.8 Å². The van der Waals surface area contributed by atoms with Gasteiger partial charge in [-0.15, -0.1) is 0 Å². The van der Waals surface area contributed by atoms with E-state index in [-0.39, 0.29) is 12.1 Å². The number of carbonyl (C=O) groups excluding carboxylic acids is 1. The Bertz CT molecular complexity index is 918. The van der Waals surface area contributed by atoms with Gasteiger partial charge < -0.3 is 19.7 Å². The van der Waals surface area contributed by atoms with Crippen LogP contribution in [0.3, 0.4) is 0 Å². The third-order valence-electron chi connectivity index (χ3n) is 4.54. The second-order valence-corrected chi connectivity index (χ2v) is 6.64. The Hall–Kier alpha value is -3.25. The average molecular weight is 419 g/mol. The maximum Gasteiger partial charge on any atom is 0.418 e. The first-order valence-corrected chi connectivity index (χ1v) is 9.29. The highest BCUT2D eigenvalue weighted by Gasteiger charge is 2.35. The predicted octanol–water partition coefficient (Wildman–Crippen LogP) is 3.63. The van der Waals surface area contributed by atoms with Crippen LogP contribution in [0.2, 0.25) is 0 Å². The van der Waals surface area contributed by atoms with Crippen LogP contribution in [0.15, 0.2) is 42.5 Å². The fourth-order valence-corrected chi connectivity index (χ4v) is 3.02. The first-order chi connectivity index (χ1) is 14.4. The molecule has 1 saturated heterocycles. The van der Waals surface area contributed by atoms with Crippen LogP contribution in [-0.4, -0.2) is 38.8 Å². The van der Waals surface area contributed by atoms with Gasteiger partial charge in [-0.1, -0.05) is 12.1 Å². The van der Waals surface area contributed by atoms with Crippen molar-refractivity contribution < 1.29 is 27.4 Å². The number of amides is 1. The highest BCUT2D eigenvalue weighted by molar-refractivity contribution is 5.93. The fraction of sp³-hybridized carbons (Fsp3) is 0.333. The minimum absolute atomic E-state index is 0.251. The molecule has 0 spiro atoms. The zero-order valence-corrected chi connectivity index (χ0v) is 16.0. The molecular weight excluding hydrogens is 399 g/mol. The maximum atomic E-state index is 13.5. The molecule has 2 aromatic carbocycles. The number of nitriles is 1. The van der Waals surface area contributed by atoms with E-state index in [1.807, 2.05) is 11.0 Å². The van der Waals surface area contributed by atoms with Crippen molar-refractivity contribution in [1.29, 1.82) is 5.26 Å². The van der Waals surface area contributed by atoms with Crippen LogP contribution in [0.1, 0.15) is 11.1 Å². The number of nitrogens with zero attached hydrogens (tertiary/aromatic N) is 2. The van der Waals surface area contributed by atoms with Gasteiger partial charge in [0.1, 0.15) is 5.75 Å². The standard InChI is InChI=1S/C21H20F3N3O3/c22-21(23,24)18-13-16(27-9-11-29-12-10-27)3-6-19(18)26-20(28)14-30-17-4-1-15(2-5-17)7-8-25/h1-6,13H,7,9-12,14H2,(H,26,28). The molecule has 1 aliphatic rings. The van der Waals surface area contributed by atoms with Crippen LogP contribution in [0.5, 0.6) is 5.75 Å². The first kappa shape index (κ1) is 21.5. The Labute approximate surface area is 171 Å². The van der Waals surface area contributed by atoms with E-state index in [1.54, 1.807) is 30.3 Å². The van der Waals surface area contributed by atoms with Crippen LogP contribution in [-0.2, 0) is 22.1 Å². The quantitative estimate of drug-likeness (QED) is 0.774. The Morgan fingerprint density at radius 1 is 1.17 bits per heavy atom. The van der Waals surface area contributed by atoms with E-state index >= 15 is 0 Å². The number of carbonyl (C=O) groups is 1. The van der Waals surface area contributed by atoms with Gasteiger partial charge in [0.05, 0.1) is 37.0 Å². The lowest BCUT2D eigenvalue weighted by molar-refractivity contribution is -0.137. The minimum atomic E-state index is -4.62. The number of benzene rings is 2. The van der Waals surface area contributed by atoms with E-state index in [2.05, 4.69) is 5.32 Å². The summed E-state index contributed by atoms with van der Waals surface area (Å²) in [6, 6.07) is 12.4. The summed E-state index contributed by atoms with van der Waals surface area (Å²) in [5.41, 5.74) is -0.0139. The zero-order valence-electron chi connectivity index (χ0n) is 16.0. The van der Waals surface area contributed by atoms with Gasteiger partial charge in [0, 0.05) is 18.8 Å². The van der Waals surface area contributed by atoms with E-state index < -0.39 is 24.3 Å². The molecule has 3 rings (SSSR count). The van der Waals surface area contributed by atoms with Crippen molar-refractivity contribution in [3.05, 3.63) is 53.6 Å². The van der Waals surface area contributed by atoms with E-state index in [0.29, 0.717) is 37.7 Å². The van der Waals surface area contributed by atoms with E-state index in [1.165, 1.54) is 6.07 Å². The Morgan fingerprint density at radius 2 is 1.87 bits per heavy atom. The lowest BCUT2D eigenvalue weighted by Gasteiger charge is -2.29. The highest BCUT2D eigenvalue weighted by atomic mass is 19.4. The summed E-state index contributed by atoms with van der Waals surface area (Å²) in [6.45, 7) is 1.47. The molecule has 0 saturated carbocycles. The van der Waals surface area contributed by atoms with E-state index in [4.69, 9.17) is 14.7 Å². The average Bonchev–Trinajstić information content (AvgIpc) is 2.73. The third-order valence-corrected chi connectivity index (χ3v) is 4.54. The van der Waals surface area contributed by atoms with Gasteiger partial charge in [0.25, 0.3) is 5.91 Å².